The van der Waals surface area contributed by atoms with E-state index in [0.717, 1.165) is 6.54 Å². The van der Waals surface area contributed by atoms with Crippen LogP contribution in [-0.2, 0) is 9.59 Å². The Morgan fingerprint density at radius 3 is 2.40 bits per heavy atom. The van der Waals surface area contributed by atoms with Gasteiger partial charge in [-0.1, -0.05) is 12.8 Å². The highest BCUT2D eigenvalue weighted by molar-refractivity contribution is 5.89. The molecule has 4 heteroatoms. The zero-order valence-corrected chi connectivity index (χ0v) is 8.74. The van der Waals surface area contributed by atoms with Crippen LogP contribution in [0, 0.1) is 17.8 Å². The Balaban J connectivity index is 1.67. The summed E-state index contributed by atoms with van der Waals surface area (Å²) >= 11 is 0. The molecule has 2 atom stereocenters. The molecule has 2 rings (SSSR count). The second-order valence-corrected chi connectivity index (χ2v) is 4.68. The van der Waals surface area contributed by atoms with Gasteiger partial charge in [-0.3, -0.25) is 9.59 Å². The van der Waals surface area contributed by atoms with Crippen molar-refractivity contribution in [3.8, 4) is 0 Å². The van der Waals surface area contributed by atoms with Crippen molar-refractivity contribution < 1.29 is 14.7 Å². The van der Waals surface area contributed by atoms with Crippen molar-refractivity contribution in [2.75, 3.05) is 6.54 Å². The van der Waals surface area contributed by atoms with E-state index in [-0.39, 0.29) is 11.8 Å². The van der Waals surface area contributed by atoms with Gasteiger partial charge in [0.25, 0.3) is 0 Å². The molecule has 0 radical (unpaired) electrons. The molecule has 2 unspecified atom stereocenters. The summed E-state index contributed by atoms with van der Waals surface area (Å²) in [4.78, 5) is 22.1. The molecule has 0 aromatic heterocycles. The predicted octanol–water partition coefficient (Wildman–Crippen LogP) is 1.01. The fourth-order valence-corrected chi connectivity index (χ4v) is 2.35. The summed E-state index contributed by atoms with van der Waals surface area (Å²) in [6.45, 7) is 0.738. The van der Waals surface area contributed by atoms with Crippen LogP contribution in [0.3, 0.4) is 0 Å². The van der Waals surface area contributed by atoms with E-state index in [4.69, 9.17) is 5.11 Å². The summed E-state index contributed by atoms with van der Waals surface area (Å²) in [6, 6.07) is 0. The van der Waals surface area contributed by atoms with E-state index in [0.29, 0.717) is 12.3 Å². The van der Waals surface area contributed by atoms with Crippen LogP contribution in [0.15, 0.2) is 0 Å². The first-order valence-electron chi connectivity index (χ1n) is 5.69. The standard InChI is InChI=1S/C11H17NO3/c13-10(8-5-9(8)11(14)15)12-6-7-3-1-2-4-7/h7-9H,1-6H2,(H,12,13)(H,14,15). The van der Waals surface area contributed by atoms with E-state index in [2.05, 4.69) is 5.32 Å². The third-order valence-electron chi connectivity index (χ3n) is 3.48. The van der Waals surface area contributed by atoms with Gasteiger partial charge in [0.15, 0.2) is 0 Å². The summed E-state index contributed by atoms with van der Waals surface area (Å²) in [5.41, 5.74) is 0. The van der Waals surface area contributed by atoms with Gasteiger partial charge in [0.2, 0.25) is 5.91 Å². The van der Waals surface area contributed by atoms with Gasteiger partial charge >= 0.3 is 5.97 Å². The van der Waals surface area contributed by atoms with Crippen molar-refractivity contribution in [2.45, 2.75) is 32.1 Å². The van der Waals surface area contributed by atoms with Crippen molar-refractivity contribution in [1.82, 2.24) is 5.32 Å². The lowest BCUT2D eigenvalue weighted by Gasteiger charge is -2.09. The van der Waals surface area contributed by atoms with Crippen LogP contribution in [0.25, 0.3) is 0 Å². The number of hydrogen-bond acceptors (Lipinski definition) is 2. The average molecular weight is 211 g/mol. The monoisotopic (exact) mass is 211 g/mol. The van der Waals surface area contributed by atoms with Crippen LogP contribution < -0.4 is 5.32 Å². The second-order valence-electron chi connectivity index (χ2n) is 4.68. The van der Waals surface area contributed by atoms with Gasteiger partial charge in [0.1, 0.15) is 0 Å². The molecule has 2 aliphatic carbocycles. The second kappa shape index (κ2) is 4.21. The van der Waals surface area contributed by atoms with Gasteiger partial charge in [-0.25, -0.2) is 0 Å². The Labute approximate surface area is 89.0 Å². The molecule has 15 heavy (non-hydrogen) atoms. The molecule has 4 nitrogen and oxygen atoms in total. The first-order chi connectivity index (χ1) is 7.18. The molecule has 1 amide bonds. The molecule has 84 valence electrons. The lowest BCUT2D eigenvalue weighted by atomic mass is 10.1. The van der Waals surface area contributed by atoms with E-state index < -0.39 is 11.9 Å². The van der Waals surface area contributed by atoms with E-state index in [1.807, 2.05) is 0 Å². The lowest BCUT2D eigenvalue weighted by Crippen LogP contribution is -2.30. The maximum absolute atomic E-state index is 11.5. The van der Waals surface area contributed by atoms with Gasteiger partial charge in [-0.2, -0.15) is 0 Å². The first-order valence-corrected chi connectivity index (χ1v) is 5.69. The Kier molecular flexibility index (Phi) is 2.93. The van der Waals surface area contributed by atoms with Crippen molar-refractivity contribution >= 4 is 11.9 Å². The van der Waals surface area contributed by atoms with Crippen LogP contribution in [0.5, 0.6) is 0 Å². The van der Waals surface area contributed by atoms with Crippen LogP contribution in [0.1, 0.15) is 32.1 Å². The molecule has 0 bridgehead atoms. The van der Waals surface area contributed by atoms with Gasteiger partial charge in [0, 0.05) is 6.54 Å². The van der Waals surface area contributed by atoms with Gasteiger partial charge in [0.05, 0.1) is 11.8 Å². The molecule has 0 heterocycles. The van der Waals surface area contributed by atoms with Crippen molar-refractivity contribution in [3.05, 3.63) is 0 Å². The molecule has 2 saturated carbocycles. The Morgan fingerprint density at radius 1 is 1.20 bits per heavy atom. The Bertz CT molecular complexity index is 271. The molecule has 0 aromatic rings. The van der Waals surface area contributed by atoms with E-state index in [9.17, 15) is 9.59 Å². The fourth-order valence-electron chi connectivity index (χ4n) is 2.35. The largest absolute Gasteiger partial charge is 0.481 e. The summed E-state index contributed by atoms with van der Waals surface area (Å²) < 4.78 is 0. The quantitative estimate of drug-likeness (QED) is 0.729. The SMILES string of the molecule is O=C(O)C1CC1C(=O)NCC1CCCC1. The molecule has 0 aromatic carbocycles. The highest BCUT2D eigenvalue weighted by Gasteiger charge is 2.48. The predicted molar refractivity (Wildman–Crippen MR) is 54.2 cm³/mol. The van der Waals surface area contributed by atoms with Crippen LogP contribution in [0.2, 0.25) is 0 Å². The van der Waals surface area contributed by atoms with Crippen LogP contribution in [0.4, 0.5) is 0 Å². The highest BCUT2D eigenvalue weighted by atomic mass is 16.4. The minimum Gasteiger partial charge on any atom is -0.481 e. The minimum atomic E-state index is -0.837. The van der Waals surface area contributed by atoms with Crippen LogP contribution in [-0.4, -0.2) is 23.5 Å². The van der Waals surface area contributed by atoms with E-state index in [1.54, 1.807) is 0 Å². The van der Waals surface area contributed by atoms with Crippen molar-refractivity contribution in [3.63, 3.8) is 0 Å². The third-order valence-corrected chi connectivity index (χ3v) is 3.48. The molecule has 0 aliphatic heterocycles. The van der Waals surface area contributed by atoms with Gasteiger partial charge in [-0.15, -0.1) is 0 Å². The normalized spacial score (nSPS) is 30.1. The van der Waals surface area contributed by atoms with Crippen molar-refractivity contribution in [1.29, 1.82) is 0 Å². The number of carbonyl (C=O) groups excluding carboxylic acids is 1. The third kappa shape index (κ3) is 2.49. The molecule has 2 aliphatic rings. The van der Waals surface area contributed by atoms with Gasteiger partial charge in [-0.05, 0) is 25.2 Å². The molecule has 2 fully saturated rings. The number of carbonyl (C=O) groups is 2. The summed E-state index contributed by atoms with van der Waals surface area (Å²) in [5, 5.41) is 11.5. The fraction of sp³-hybridized carbons (Fsp3) is 0.818. The number of carboxylic acid groups (broad SMARTS) is 1. The molecule has 2 N–H and O–H groups in total. The van der Waals surface area contributed by atoms with E-state index in [1.165, 1.54) is 25.7 Å². The van der Waals surface area contributed by atoms with Gasteiger partial charge < -0.3 is 10.4 Å². The lowest BCUT2D eigenvalue weighted by molar-refractivity contribution is -0.140. The molecule has 0 spiro atoms. The number of rotatable bonds is 4. The maximum Gasteiger partial charge on any atom is 0.307 e. The summed E-state index contributed by atoms with van der Waals surface area (Å²) in [6.07, 6.45) is 5.45. The van der Waals surface area contributed by atoms with E-state index >= 15 is 0 Å². The Morgan fingerprint density at radius 2 is 1.87 bits per heavy atom. The smallest absolute Gasteiger partial charge is 0.307 e. The number of amides is 1. The maximum atomic E-state index is 11.5. The highest BCUT2D eigenvalue weighted by Crippen LogP contribution is 2.38. The number of nitrogens with one attached hydrogen (secondary N) is 1. The van der Waals surface area contributed by atoms with Crippen LogP contribution >= 0.6 is 0 Å². The topological polar surface area (TPSA) is 66.4 Å². The molecule has 0 saturated heterocycles. The first kappa shape index (κ1) is 10.5. The Hall–Kier alpha value is -1.06. The minimum absolute atomic E-state index is 0.0608. The average Bonchev–Trinajstić information content (AvgIpc) is 2.85. The number of carboxylic acids is 1. The summed E-state index contributed by atoms with van der Waals surface area (Å²) in [7, 11) is 0. The zero-order valence-electron chi connectivity index (χ0n) is 8.74. The van der Waals surface area contributed by atoms with Crippen molar-refractivity contribution in [2.24, 2.45) is 17.8 Å². The molecular formula is C11H17NO3. The number of aliphatic carboxylic acids is 1. The zero-order chi connectivity index (χ0) is 10.8. The summed E-state index contributed by atoms with van der Waals surface area (Å²) in [5.74, 6) is -0.959. The number of hydrogen-bond donors (Lipinski definition) is 2. The molecular weight excluding hydrogens is 194 g/mol.